The summed E-state index contributed by atoms with van der Waals surface area (Å²) in [6.07, 6.45) is 0.874. The lowest BCUT2D eigenvalue weighted by molar-refractivity contribution is -0.145. The number of likely N-dealkylation sites (tertiary alicyclic amines) is 1. The van der Waals surface area contributed by atoms with E-state index in [0.717, 1.165) is 19.5 Å². The average molecular weight is 252 g/mol. The van der Waals surface area contributed by atoms with Crippen molar-refractivity contribution in [2.75, 3.05) is 33.2 Å². The Morgan fingerprint density at radius 2 is 2.11 bits per heavy atom. The third-order valence-corrected chi connectivity index (χ3v) is 2.84. The molecule has 1 saturated heterocycles. The second kappa shape index (κ2) is 7.02. The van der Waals surface area contributed by atoms with E-state index in [0.29, 0.717) is 13.1 Å². The number of ether oxygens (including phenoxy) is 1. The van der Waals surface area contributed by atoms with Crippen LogP contribution in [0.4, 0.5) is 0 Å². The molecule has 1 aliphatic rings. The lowest BCUT2D eigenvalue weighted by Gasteiger charge is -2.12. The van der Waals surface area contributed by atoms with Gasteiger partial charge in [0, 0.05) is 34.0 Å². The van der Waals surface area contributed by atoms with Crippen LogP contribution in [0.5, 0.6) is 0 Å². The zero-order chi connectivity index (χ0) is 13.5. The molecule has 1 fully saturated rings. The second-order valence-corrected chi connectivity index (χ2v) is 4.48. The highest BCUT2D eigenvalue weighted by molar-refractivity contribution is 5.73. The maximum absolute atomic E-state index is 10.9. The van der Waals surface area contributed by atoms with Crippen molar-refractivity contribution in [3.8, 4) is 11.8 Å². The van der Waals surface area contributed by atoms with Gasteiger partial charge in [-0.15, -0.1) is 0 Å². The summed E-state index contributed by atoms with van der Waals surface area (Å²) in [5.74, 6) is 5.77. The smallest absolute Gasteiger partial charge is 0.302 e. The van der Waals surface area contributed by atoms with Gasteiger partial charge in [0.2, 0.25) is 5.91 Å². The molecule has 1 heterocycles. The molecule has 0 aromatic carbocycles. The molecule has 5 nitrogen and oxygen atoms in total. The van der Waals surface area contributed by atoms with Gasteiger partial charge >= 0.3 is 5.97 Å². The Kier molecular flexibility index (Phi) is 5.66. The van der Waals surface area contributed by atoms with E-state index in [2.05, 4.69) is 16.7 Å². The Labute approximate surface area is 108 Å². The van der Waals surface area contributed by atoms with Gasteiger partial charge in [-0.05, 0) is 6.42 Å². The fraction of sp³-hybridized carbons (Fsp3) is 0.692. The topological polar surface area (TPSA) is 49.9 Å². The minimum absolute atomic E-state index is 0.00388. The number of nitrogens with zero attached hydrogens (tertiary/aromatic N) is 2. The van der Waals surface area contributed by atoms with Crippen LogP contribution in [0.25, 0.3) is 0 Å². The highest BCUT2D eigenvalue weighted by atomic mass is 16.5. The Balaban J connectivity index is 2.23. The Morgan fingerprint density at radius 1 is 1.39 bits per heavy atom. The van der Waals surface area contributed by atoms with Crippen molar-refractivity contribution in [3.05, 3.63) is 0 Å². The molecule has 1 rings (SSSR count). The van der Waals surface area contributed by atoms with Crippen LogP contribution in [-0.2, 0) is 14.3 Å². The Hall–Kier alpha value is -1.54. The predicted octanol–water partition coefficient (Wildman–Crippen LogP) is 0.105. The summed E-state index contributed by atoms with van der Waals surface area (Å²) < 4.78 is 5.14. The molecule has 0 N–H and O–H groups in total. The van der Waals surface area contributed by atoms with Crippen molar-refractivity contribution in [3.63, 3.8) is 0 Å². The molecule has 1 atom stereocenters. The monoisotopic (exact) mass is 252 g/mol. The highest BCUT2D eigenvalue weighted by Gasteiger charge is 2.23. The minimum Gasteiger partial charge on any atom is -0.461 e. The van der Waals surface area contributed by atoms with E-state index in [1.54, 1.807) is 11.9 Å². The molecule has 1 unspecified atom stereocenters. The number of esters is 1. The van der Waals surface area contributed by atoms with E-state index in [-0.39, 0.29) is 18.0 Å². The van der Waals surface area contributed by atoms with Gasteiger partial charge in [0.15, 0.2) is 0 Å². The predicted molar refractivity (Wildman–Crippen MR) is 67.7 cm³/mol. The number of hydrogen-bond donors (Lipinski definition) is 0. The highest BCUT2D eigenvalue weighted by Crippen LogP contribution is 2.11. The molecule has 0 spiro atoms. The van der Waals surface area contributed by atoms with Crippen LogP contribution in [0.3, 0.4) is 0 Å². The van der Waals surface area contributed by atoms with Crippen LogP contribution in [0.1, 0.15) is 20.3 Å². The molecule has 1 amide bonds. The molecular weight excluding hydrogens is 232 g/mol. The number of rotatable bonds is 3. The Morgan fingerprint density at radius 3 is 2.72 bits per heavy atom. The summed E-state index contributed by atoms with van der Waals surface area (Å²) in [7, 11) is 1.73. The quantitative estimate of drug-likeness (QED) is 0.528. The van der Waals surface area contributed by atoms with E-state index in [9.17, 15) is 9.59 Å². The van der Waals surface area contributed by atoms with Gasteiger partial charge in [-0.3, -0.25) is 14.5 Å². The molecular formula is C13H20N2O3. The van der Waals surface area contributed by atoms with Crippen LogP contribution in [-0.4, -0.2) is 61.0 Å². The fourth-order valence-corrected chi connectivity index (χ4v) is 1.73. The second-order valence-electron chi connectivity index (χ2n) is 4.48. The molecule has 1 aliphatic heterocycles. The standard InChI is InChI=1S/C13H20N2O3/c1-11(16)14(3)7-4-5-8-15-9-6-13(10-15)18-12(2)17/h13H,6-10H2,1-3H3. The van der Waals surface area contributed by atoms with Crippen LogP contribution in [0, 0.1) is 11.8 Å². The minimum atomic E-state index is -0.226. The van der Waals surface area contributed by atoms with Gasteiger partial charge in [0.1, 0.15) is 6.10 Å². The van der Waals surface area contributed by atoms with Gasteiger partial charge in [-0.1, -0.05) is 11.8 Å². The van der Waals surface area contributed by atoms with E-state index in [1.165, 1.54) is 13.8 Å². The fourth-order valence-electron chi connectivity index (χ4n) is 1.73. The van der Waals surface area contributed by atoms with Crippen molar-refractivity contribution in [1.29, 1.82) is 0 Å². The van der Waals surface area contributed by atoms with Crippen molar-refractivity contribution < 1.29 is 14.3 Å². The first-order chi connectivity index (χ1) is 8.49. The number of carbonyl (C=O) groups is 2. The lowest BCUT2D eigenvalue weighted by atomic mass is 10.3. The molecule has 100 valence electrons. The van der Waals surface area contributed by atoms with E-state index >= 15 is 0 Å². The SMILES string of the molecule is CC(=O)OC1CCN(CC#CCN(C)C(C)=O)C1. The first kappa shape index (κ1) is 14.5. The zero-order valence-corrected chi connectivity index (χ0v) is 11.2. The summed E-state index contributed by atoms with van der Waals surface area (Å²) in [5.41, 5.74) is 0. The first-order valence-corrected chi connectivity index (χ1v) is 6.06. The van der Waals surface area contributed by atoms with Gasteiger partial charge in [-0.25, -0.2) is 0 Å². The number of hydrogen-bond acceptors (Lipinski definition) is 4. The molecule has 0 bridgehead atoms. The lowest BCUT2D eigenvalue weighted by Crippen LogP contribution is -2.25. The van der Waals surface area contributed by atoms with Crippen LogP contribution in [0.2, 0.25) is 0 Å². The molecule has 0 aromatic heterocycles. The summed E-state index contributed by atoms with van der Waals surface area (Å²) in [4.78, 5) is 25.5. The Bertz CT molecular complexity index is 370. The largest absolute Gasteiger partial charge is 0.461 e. The molecule has 0 saturated carbocycles. The molecule has 0 aliphatic carbocycles. The molecule has 0 radical (unpaired) electrons. The third-order valence-electron chi connectivity index (χ3n) is 2.84. The van der Waals surface area contributed by atoms with Gasteiger partial charge in [-0.2, -0.15) is 0 Å². The first-order valence-electron chi connectivity index (χ1n) is 6.06. The third kappa shape index (κ3) is 5.19. The summed E-state index contributed by atoms with van der Waals surface area (Å²) in [6.45, 7) is 5.71. The summed E-state index contributed by atoms with van der Waals surface area (Å²) >= 11 is 0. The summed E-state index contributed by atoms with van der Waals surface area (Å²) in [6, 6.07) is 0. The average Bonchev–Trinajstić information content (AvgIpc) is 2.70. The van der Waals surface area contributed by atoms with Gasteiger partial charge < -0.3 is 9.64 Å². The van der Waals surface area contributed by atoms with Crippen LogP contribution in [0.15, 0.2) is 0 Å². The van der Waals surface area contributed by atoms with E-state index in [1.807, 2.05) is 0 Å². The normalized spacial score (nSPS) is 18.9. The van der Waals surface area contributed by atoms with Gasteiger partial charge in [0.25, 0.3) is 0 Å². The van der Waals surface area contributed by atoms with E-state index in [4.69, 9.17) is 4.74 Å². The molecule has 0 aromatic rings. The zero-order valence-electron chi connectivity index (χ0n) is 11.2. The van der Waals surface area contributed by atoms with Crippen molar-refractivity contribution >= 4 is 11.9 Å². The van der Waals surface area contributed by atoms with Crippen LogP contribution < -0.4 is 0 Å². The van der Waals surface area contributed by atoms with Crippen molar-refractivity contribution in [2.45, 2.75) is 26.4 Å². The van der Waals surface area contributed by atoms with Crippen molar-refractivity contribution in [1.82, 2.24) is 9.80 Å². The summed E-state index contributed by atoms with van der Waals surface area (Å²) in [5, 5.41) is 0. The number of amides is 1. The van der Waals surface area contributed by atoms with Crippen molar-refractivity contribution in [2.24, 2.45) is 0 Å². The van der Waals surface area contributed by atoms with Crippen LogP contribution >= 0.6 is 0 Å². The maximum Gasteiger partial charge on any atom is 0.302 e. The maximum atomic E-state index is 10.9. The van der Waals surface area contributed by atoms with E-state index < -0.39 is 0 Å². The molecule has 18 heavy (non-hydrogen) atoms. The van der Waals surface area contributed by atoms with Gasteiger partial charge in [0.05, 0.1) is 13.1 Å². The number of carbonyl (C=O) groups excluding carboxylic acids is 2. The molecule has 5 heteroatoms.